The fraction of sp³-hybridized carbons (Fsp3) is 0.381. The molecule has 0 aliphatic heterocycles. The van der Waals surface area contributed by atoms with Gasteiger partial charge >= 0.3 is 0 Å². The molecule has 0 aromatic heterocycles. The molecule has 5 heteroatoms. The molecule has 0 aliphatic carbocycles. The van der Waals surface area contributed by atoms with E-state index in [1.807, 2.05) is 51.1 Å². The van der Waals surface area contributed by atoms with Gasteiger partial charge in [-0.05, 0) is 44.5 Å². The second-order valence-corrected chi connectivity index (χ2v) is 6.13. The van der Waals surface area contributed by atoms with Gasteiger partial charge in [-0.15, -0.1) is 0 Å². The maximum atomic E-state index is 5.67. The molecule has 5 nitrogen and oxygen atoms in total. The van der Waals surface area contributed by atoms with E-state index in [0.717, 1.165) is 23.0 Å². The first kappa shape index (κ1) is 19.6. The van der Waals surface area contributed by atoms with Gasteiger partial charge in [0.1, 0.15) is 11.5 Å². The highest BCUT2D eigenvalue weighted by molar-refractivity contribution is 5.79. The van der Waals surface area contributed by atoms with Crippen LogP contribution in [-0.4, -0.2) is 25.7 Å². The molecule has 0 spiro atoms. The molecule has 2 rings (SSSR count). The van der Waals surface area contributed by atoms with Crippen LogP contribution < -0.4 is 20.1 Å². The zero-order valence-corrected chi connectivity index (χ0v) is 16.1. The van der Waals surface area contributed by atoms with E-state index in [4.69, 9.17) is 9.47 Å². The highest BCUT2D eigenvalue weighted by Gasteiger charge is 2.04. The fourth-order valence-corrected chi connectivity index (χ4v) is 2.49. The van der Waals surface area contributed by atoms with Crippen molar-refractivity contribution in [3.8, 4) is 11.5 Å². The van der Waals surface area contributed by atoms with E-state index in [2.05, 4.69) is 33.8 Å². The van der Waals surface area contributed by atoms with Crippen molar-refractivity contribution < 1.29 is 9.47 Å². The molecule has 26 heavy (non-hydrogen) atoms. The standard InChI is InChI=1S/C21H29N3O2/c1-5-25-20-9-7-6-8-18(20)15-24-21(22-4)23-14-17-10-12-19(13-11-17)26-16(2)3/h6-13,16H,5,14-15H2,1-4H3,(H2,22,23,24). The average molecular weight is 355 g/mol. The summed E-state index contributed by atoms with van der Waals surface area (Å²) in [6, 6.07) is 16.1. The molecule has 140 valence electrons. The van der Waals surface area contributed by atoms with Crippen LogP contribution in [-0.2, 0) is 13.1 Å². The predicted octanol–water partition coefficient (Wildman–Crippen LogP) is 3.74. The molecule has 0 atom stereocenters. The molecule has 0 bridgehead atoms. The minimum absolute atomic E-state index is 0.182. The summed E-state index contributed by atoms with van der Waals surface area (Å²) in [4.78, 5) is 4.28. The fourth-order valence-electron chi connectivity index (χ4n) is 2.49. The molecule has 0 radical (unpaired) electrons. The quantitative estimate of drug-likeness (QED) is 0.559. The summed E-state index contributed by atoms with van der Waals surface area (Å²) in [5.41, 5.74) is 2.27. The number of hydrogen-bond acceptors (Lipinski definition) is 3. The summed E-state index contributed by atoms with van der Waals surface area (Å²) >= 11 is 0. The lowest BCUT2D eigenvalue weighted by Gasteiger charge is -2.15. The van der Waals surface area contributed by atoms with Crippen LogP contribution in [0.25, 0.3) is 0 Å². The van der Waals surface area contributed by atoms with Gasteiger partial charge in [0.05, 0.1) is 12.7 Å². The molecule has 0 fully saturated rings. The van der Waals surface area contributed by atoms with Gasteiger partial charge in [-0.2, -0.15) is 0 Å². The average Bonchev–Trinajstić information content (AvgIpc) is 2.64. The van der Waals surface area contributed by atoms with Crippen molar-refractivity contribution in [1.29, 1.82) is 0 Å². The summed E-state index contributed by atoms with van der Waals surface area (Å²) in [5.74, 6) is 2.54. The summed E-state index contributed by atoms with van der Waals surface area (Å²) < 4.78 is 11.3. The zero-order chi connectivity index (χ0) is 18.8. The first-order chi connectivity index (χ1) is 12.6. The normalized spacial score (nSPS) is 11.3. The zero-order valence-electron chi connectivity index (χ0n) is 16.1. The van der Waals surface area contributed by atoms with E-state index >= 15 is 0 Å². The Kier molecular flexibility index (Phi) is 7.80. The molecule has 0 aliphatic rings. The van der Waals surface area contributed by atoms with Crippen LogP contribution in [0.1, 0.15) is 31.9 Å². The van der Waals surface area contributed by atoms with Gasteiger partial charge in [-0.3, -0.25) is 4.99 Å². The van der Waals surface area contributed by atoms with Crippen molar-refractivity contribution in [3.05, 3.63) is 59.7 Å². The third-order valence-corrected chi connectivity index (χ3v) is 3.70. The van der Waals surface area contributed by atoms with Gasteiger partial charge in [0.2, 0.25) is 0 Å². The van der Waals surface area contributed by atoms with Crippen molar-refractivity contribution in [1.82, 2.24) is 10.6 Å². The molecular weight excluding hydrogens is 326 g/mol. The number of para-hydroxylation sites is 1. The van der Waals surface area contributed by atoms with E-state index in [1.165, 1.54) is 5.56 Å². The summed E-state index contributed by atoms with van der Waals surface area (Å²) in [7, 11) is 1.77. The number of nitrogens with one attached hydrogen (secondary N) is 2. The van der Waals surface area contributed by atoms with E-state index < -0.39 is 0 Å². The van der Waals surface area contributed by atoms with Gasteiger partial charge in [0, 0.05) is 25.7 Å². The van der Waals surface area contributed by atoms with Gasteiger partial charge < -0.3 is 20.1 Å². The summed E-state index contributed by atoms with van der Waals surface area (Å²) in [5, 5.41) is 6.65. The van der Waals surface area contributed by atoms with E-state index in [9.17, 15) is 0 Å². The van der Waals surface area contributed by atoms with E-state index in [-0.39, 0.29) is 6.10 Å². The Morgan fingerprint density at radius 2 is 1.69 bits per heavy atom. The lowest BCUT2D eigenvalue weighted by atomic mass is 10.2. The number of benzene rings is 2. The number of aliphatic imine (C=N–C) groups is 1. The third-order valence-electron chi connectivity index (χ3n) is 3.70. The Morgan fingerprint density at radius 3 is 2.35 bits per heavy atom. The molecule has 2 aromatic carbocycles. The van der Waals surface area contributed by atoms with Crippen molar-refractivity contribution >= 4 is 5.96 Å². The highest BCUT2D eigenvalue weighted by atomic mass is 16.5. The van der Waals surface area contributed by atoms with Crippen molar-refractivity contribution in [3.63, 3.8) is 0 Å². The summed E-state index contributed by atoms with van der Waals surface area (Å²) in [6.45, 7) is 8.03. The Bertz CT molecular complexity index is 697. The Labute approximate surface area is 156 Å². The second kappa shape index (κ2) is 10.3. The van der Waals surface area contributed by atoms with E-state index in [1.54, 1.807) is 7.05 Å². The molecule has 0 unspecified atom stereocenters. The molecule has 2 aromatic rings. The smallest absolute Gasteiger partial charge is 0.191 e. The maximum absolute atomic E-state index is 5.67. The van der Waals surface area contributed by atoms with Crippen molar-refractivity contribution in [2.24, 2.45) is 4.99 Å². The van der Waals surface area contributed by atoms with Gasteiger partial charge in [0.15, 0.2) is 5.96 Å². The van der Waals surface area contributed by atoms with Gasteiger partial charge in [-0.1, -0.05) is 30.3 Å². The van der Waals surface area contributed by atoms with Crippen LogP contribution in [0.5, 0.6) is 11.5 Å². The number of nitrogens with zero attached hydrogens (tertiary/aromatic N) is 1. The minimum atomic E-state index is 0.182. The van der Waals surface area contributed by atoms with Crippen LogP contribution in [0.15, 0.2) is 53.5 Å². The van der Waals surface area contributed by atoms with Crippen molar-refractivity contribution in [2.45, 2.75) is 40.0 Å². The lowest BCUT2D eigenvalue weighted by Crippen LogP contribution is -2.36. The Hall–Kier alpha value is -2.69. The molecule has 0 amide bonds. The van der Waals surface area contributed by atoms with E-state index in [0.29, 0.717) is 19.7 Å². The monoisotopic (exact) mass is 355 g/mol. The van der Waals surface area contributed by atoms with Gasteiger partial charge in [0.25, 0.3) is 0 Å². The number of guanidine groups is 1. The maximum Gasteiger partial charge on any atom is 0.191 e. The molecule has 0 heterocycles. The summed E-state index contributed by atoms with van der Waals surface area (Å²) in [6.07, 6.45) is 0.182. The van der Waals surface area contributed by atoms with Crippen LogP contribution in [0.4, 0.5) is 0 Å². The molecule has 0 saturated heterocycles. The lowest BCUT2D eigenvalue weighted by molar-refractivity contribution is 0.242. The highest BCUT2D eigenvalue weighted by Crippen LogP contribution is 2.17. The Morgan fingerprint density at radius 1 is 1.00 bits per heavy atom. The second-order valence-electron chi connectivity index (χ2n) is 6.13. The molecular formula is C21H29N3O2. The van der Waals surface area contributed by atoms with Crippen LogP contribution in [0.3, 0.4) is 0 Å². The van der Waals surface area contributed by atoms with Crippen LogP contribution >= 0.6 is 0 Å². The van der Waals surface area contributed by atoms with Gasteiger partial charge in [-0.25, -0.2) is 0 Å². The first-order valence-corrected chi connectivity index (χ1v) is 9.03. The molecule has 0 saturated carbocycles. The minimum Gasteiger partial charge on any atom is -0.494 e. The first-order valence-electron chi connectivity index (χ1n) is 9.03. The number of hydrogen-bond donors (Lipinski definition) is 2. The van der Waals surface area contributed by atoms with Crippen LogP contribution in [0.2, 0.25) is 0 Å². The predicted molar refractivity (Wildman–Crippen MR) is 107 cm³/mol. The Balaban J connectivity index is 1.86. The SMILES string of the molecule is CCOc1ccccc1CNC(=NC)NCc1ccc(OC(C)C)cc1. The molecule has 2 N–H and O–H groups in total. The number of rotatable bonds is 8. The van der Waals surface area contributed by atoms with Crippen LogP contribution in [0, 0.1) is 0 Å². The topological polar surface area (TPSA) is 54.9 Å². The third kappa shape index (κ3) is 6.31. The largest absolute Gasteiger partial charge is 0.494 e. The number of ether oxygens (including phenoxy) is 2. The van der Waals surface area contributed by atoms with Crippen molar-refractivity contribution in [2.75, 3.05) is 13.7 Å².